The van der Waals surface area contributed by atoms with Gasteiger partial charge in [0.05, 0.1) is 11.7 Å². The van der Waals surface area contributed by atoms with Crippen LogP contribution in [0.1, 0.15) is 0 Å². The van der Waals surface area contributed by atoms with Crippen molar-refractivity contribution in [3.05, 3.63) is 23.2 Å². The lowest BCUT2D eigenvalue weighted by Crippen LogP contribution is -1.88. The molecule has 2 aromatic heterocycles. The molecule has 0 fully saturated rings. The lowest BCUT2D eigenvalue weighted by Gasteiger charge is -1.93. The summed E-state index contributed by atoms with van der Waals surface area (Å²) < 4.78 is 2.63. The van der Waals surface area contributed by atoms with Crippen LogP contribution in [0.3, 0.4) is 0 Å². The fourth-order valence-electron chi connectivity index (χ4n) is 1.10. The molecule has 0 aliphatic carbocycles. The van der Waals surface area contributed by atoms with E-state index in [0.29, 0.717) is 4.64 Å². The Balaban J connectivity index is 3.06. The van der Waals surface area contributed by atoms with Crippen molar-refractivity contribution in [2.24, 2.45) is 7.05 Å². The Morgan fingerprint density at radius 1 is 1.64 bits per heavy atom. The Hall–Kier alpha value is -1.16. The first-order chi connectivity index (χ1) is 5.29. The molecule has 0 amide bonds. The smallest absolute Gasteiger partial charge is 0.138 e. The molecular weight excluding hydrogens is 158 g/mol. The summed E-state index contributed by atoms with van der Waals surface area (Å²) in [5.41, 5.74) is 1.02. The van der Waals surface area contributed by atoms with Crippen LogP contribution in [0.5, 0.6) is 0 Å². The summed E-state index contributed by atoms with van der Waals surface area (Å²) in [7, 11) is 1.97. The van der Waals surface area contributed by atoms with Gasteiger partial charge in [0.25, 0.3) is 0 Å². The van der Waals surface area contributed by atoms with E-state index in [9.17, 15) is 0 Å². The summed E-state index contributed by atoms with van der Waals surface area (Å²) in [6.07, 6.45) is 3.57. The molecule has 0 aliphatic heterocycles. The quantitative estimate of drug-likeness (QED) is 0.602. The van der Waals surface area contributed by atoms with E-state index in [4.69, 9.17) is 12.2 Å². The number of aromatic nitrogens is 3. The Morgan fingerprint density at radius 3 is 3.18 bits per heavy atom. The predicted molar refractivity (Wildman–Crippen MR) is 45.9 cm³/mol. The van der Waals surface area contributed by atoms with Crippen molar-refractivity contribution < 1.29 is 0 Å². The highest BCUT2D eigenvalue weighted by molar-refractivity contribution is 7.71. The van der Waals surface area contributed by atoms with Gasteiger partial charge in [0.15, 0.2) is 0 Å². The molecule has 2 aromatic rings. The van der Waals surface area contributed by atoms with Crippen LogP contribution >= 0.6 is 12.2 Å². The van der Waals surface area contributed by atoms with E-state index in [1.54, 1.807) is 6.33 Å². The van der Waals surface area contributed by atoms with Gasteiger partial charge in [-0.05, 0) is 6.07 Å². The fraction of sp³-hybridized carbons (Fsp3) is 0.143. The van der Waals surface area contributed by atoms with Crippen molar-refractivity contribution in [3.8, 4) is 0 Å². The van der Waals surface area contributed by atoms with Gasteiger partial charge in [-0.1, -0.05) is 12.2 Å². The van der Waals surface area contributed by atoms with Crippen LogP contribution in [0.25, 0.3) is 11.0 Å². The van der Waals surface area contributed by atoms with Gasteiger partial charge in [0, 0.05) is 13.2 Å². The van der Waals surface area contributed by atoms with Crippen molar-refractivity contribution in [3.63, 3.8) is 0 Å². The maximum Gasteiger partial charge on any atom is 0.138 e. The van der Waals surface area contributed by atoms with Gasteiger partial charge in [-0.2, -0.15) is 0 Å². The molecule has 3 nitrogen and oxygen atoms in total. The Kier molecular flexibility index (Phi) is 1.29. The van der Waals surface area contributed by atoms with E-state index in [1.807, 2.05) is 23.9 Å². The molecule has 11 heavy (non-hydrogen) atoms. The maximum absolute atomic E-state index is 5.02. The first-order valence-electron chi connectivity index (χ1n) is 3.28. The zero-order valence-electron chi connectivity index (χ0n) is 6.03. The minimum Gasteiger partial charge on any atom is -0.337 e. The van der Waals surface area contributed by atoms with Crippen molar-refractivity contribution in [1.29, 1.82) is 0 Å². The van der Waals surface area contributed by atoms with Gasteiger partial charge in [-0.3, -0.25) is 0 Å². The Morgan fingerprint density at radius 2 is 2.45 bits per heavy atom. The number of aryl methyl sites for hydroxylation is 1. The first-order valence-corrected chi connectivity index (χ1v) is 3.68. The van der Waals surface area contributed by atoms with E-state index in [2.05, 4.69) is 9.97 Å². The summed E-state index contributed by atoms with van der Waals surface area (Å²) in [4.78, 5) is 6.99. The minimum atomic E-state index is 0.652. The van der Waals surface area contributed by atoms with Crippen molar-refractivity contribution in [1.82, 2.24) is 14.5 Å². The third-order valence-corrected chi connectivity index (χ3v) is 2.01. The molecule has 0 aliphatic rings. The van der Waals surface area contributed by atoms with Crippen molar-refractivity contribution in [2.75, 3.05) is 0 Å². The van der Waals surface area contributed by atoms with Gasteiger partial charge in [-0.25, -0.2) is 4.98 Å². The largest absolute Gasteiger partial charge is 0.337 e. The number of hydrogen-bond donors (Lipinski definition) is 1. The molecule has 0 saturated carbocycles. The molecular formula is C7H7N3S. The third-order valence-electron chi connectivity index (χ3n) is 1.69. The number of fused-ring (bicyclic) bond motifs is 1. The topological polar surface area (TPSA) is 33.6 Å². The molecule has 0 atom stereocenters. The van der Waals surface area contributed by atoms with Crippen LogP contribution in [-0.2, 0) is 7.05 Å². The van der Waals surface area contributed by atoms with Gasteiger partial charge in [0.2, 0.25) is 0 Å². The number of nitrogens with zero attached hydrogens (tertiary/aromatic N) is 2. The first kappa shape index (κ1) is 6.54. The highest BCUT2D eigenvalue weighted by Crippen LogP contribution is 2.10. The van der Waals surface area contributed by atoms with Crippen LogP contribution in [0.2, 0.25) is 0 Å². The molecule has 56 valence electrons. The number of aromatic amines is 1. The van der Waals surface area contributed by atoms with Gasteiger partial charge in [0.1, 0.15) is 10.3 Å². The van der Waals surface area contributed by atoms with Crippen LogP contribution < -0.4 is 0 Å². The monoisotopic (exact) mass is 165 g/mol. The molecule has 1 N–H and O–H groups in total. The summed E-state index contributed by atoms with van der Waals surface area (Å²) in [5, 5.41) is 1.00. The molecule has 0 saturated heterocycles. The summed E-state index contributed by atoms with van der Waals surface area (Å²) in [6.45, 7) is 0. The summed E-state index contributed by atoms with van der Waals surface area (Å²) in [5.74, 6) is 0. The van der Waals surface area contributed by atoms with Crippen LogP contribution in [0.4, 0.5) is 0 Å². The third kappa shape index (κ3) is 0.867. The zero-order valence-corrected chi connectivity index (χ0v) is 6.85. The molecule has 2 heterocycles. The van der Waals surface area contributed by atoms with Gasteiger partial charge in [-0.15, -0.1) is 0 Å². The Bertz CT molecular complexity index is 440. The molecule has 4 heteroatoms. The molecule has 2 rings (SSSR count). The van der Waals surface area contributed by atoms with Crippen molar-refractivity contribution in [2.45, 2.75) is 0 Å². The average Bonchev–Trinajstić information content (AvgIpc) is 2.35. The average molecular weight is 165 g/mol. The van der Waals surface area contributed by atoms with Gasteiger partial charge < -0.3 is 9.55 Å². The summed E-state index contributed by atoms with van der Waals surface area (Å²) >= 11 is 5.02. The second-order valence-electron chi connectivity index (χ2n) is 2.40. The van der Waals surface area contributed by atoms with E-state index in [-0.39, 0.29) is 0 Å². The highest BCUT2D eigenvalue weighted by atomic mass is 32.1. The lowest BCUT2D eigenvalue weighted by molar-refractivity contribution is 0.943. The van der Waals surface area contributed by atoms with Gasteiger partial charge >= 0.3 is 0 Å². The summed E-state index contributed by atoms with van der Waals surface area (Å²) in [6, 6.07) is 1.96. The molecule has 0 bridgehead atoms. The second kappa shape index (κ2) is 2.17. The minimum absolute atomic E-state index is 0.652. The second-order valence-corrected chi connectivity index (χ2v) is 2.78. The van der Waals surface area contributed by atoms with E-state index in [1.165, 1.54) is 0 Å². The number of rotatable bonds is 0. The predicted octanol–water partition coefficient (Wildman–Crippen LogP) is 1.63. The Labute approximate surface area is 68.7 Å². The lowest BCUT2D eigenvalue weighted by atomic mass is 10.4. The molecule has 0 unspecified atom stereocenters. The zero-order chi connectivity index (χ0) is 7.84. The fourth-order valence-corrected chi connectivity index (χ4v) is 1.32. The molecule has 0 aromatic carbocycles. The van der Waals surface area contributed by atoms with E-state index in [0.717, 1.165) is 11.0 Å². The van der Waals surface area contributed by atoms with Crippen molar-refractivity contribution >= 4 is 23.3 Å². The number of nitrogens with one attached hydrogen (secondary N) is 1. The normalized spacial score (nSPS) is 10.6. The molecule has 0 spiro atoms. The number of hydrogen-bond acceptors (Lipinski definition) is 2. The molecule has 0 radical (unpaired) electrons. The number of H-pyrrole nitrogens is 1. The van der Waals surface area contributed by atoms with E-state index < -0.39 is 0 Å². The van der Waals surface area contributed by atoms with Crippen LogP contribution in [-0.4, -0.2) is 14.5 Å². The SMILES string of the molecule is Cn1ccc2c(=S)nc[nH]c21. The maximum atomic E-state index is 5.02. The standard InChI is InChI=1S/C7H7N3S/c1-10-3-2-5-6(10)8-4-9-7(5)11/h2-4H,1H3,(H,8,9,11). The van der Waals surface area contributed by atoms with Crippen LogP contribution in [0.15, 0.2) is 18.6 Å². The van der Waals surface area contributed by atoms with E-state index >= 15 is 0 Å². The highest BCUT2D eigenvalue weighted by Gasteiger charge is 1.97. The van der Waals surface area contributed by atoms with Crippen LogP contribution in [0, 0.1) is 4.64 Å².